The average molecular weight is 335 g/mol. The van der Waals surface area contributed by atoms with Crippen LogP contribution in [-0.4, -0.2) is 50.6 Å². The van der Waals surface area contributed by atoms with Gasteiger partial charge < -0.3 is 15.2 Å². The van der Waals surface area contributed by atoms with Gasteiger partial charge in [-0.25, -0.2) is 0 Å². The number of carbonyl (C=O) groups is 1. The van der Waals surface area contributed by atoms with Crippen LogP contribution < -0.4 is 10.1 Å². The van der Waals surface area contributed by atoms with E-state index in [9.17, 15) is 9.90 Å². The number of nitrogens with zero attached hydrogens (tertiary/aromatic N) is 4. The SMILES string of the molecule is CC[C@@H](C)[C@@H](CO)NC(=O)CCCc1nnc2ccc(OC)nn12. The van der Waals surface area contributed by atoms with E-state index in [2.05, 4.69) is 20.6 Å². The molecule has 0 saturated heterocycles. The Balaban J connectivity index is 1.89. The molecule has 132 valence electrons. The Morgan fingerprint density at radius 2 is 2.21 bits per heavy atom. The van der Waals surface area contributed by atoms with Crippen LogP contribution in [0, 0.1) is 5.92 Å². The molecule has 0 aliphatic rings. The van der Waals surface area contributed by atoms with E-state index in [1.54, 1.807) is 23.8 Å². The van der Waals surface area contributed by atoms with Gasteiger partial charge in [-0.2, -0.15) is 4.52 Å². The predicted octanol–water partition coefficient (Wildman–Crippen LogP) is 0.979. The zero-order chi connectivity index (χ0) is 17.5. The molecule has 2 aromatic heterocycles. The van der Waals surface area contributed by atoms with E-state index < -0.39 is 0 Å². The second-order valence-electron chi connectivity index (χ2n) is 5.86. The highest BCUT2D eigenvalue weighted by molar-refractivity contribution is 5.76. The van der Waals surface area contributed by atoms with Crippen LogP contribution in [0.5, 0.6) is 5.88 Å². The summed E-state index contributed by atoms with van der Waals surface area (Å²) in [6, 6.07) is 3.32. The molecule has 8 heteroatoms. The van der Waals surface area contributed by atoms with Gasteiger partial charge in [-0.05, 0) is 18.4 Å². The van der Waals surface area contributed by atoms with Gasteiger partial charge in [0.05, 0.1) is 19.8 Å². The summed E-state index contributed by atoms with van der Waals surface area (Å²) >= 11 is 0. The molecule has 24 heavy (non-hydrogen) atoms. The minimum atomic E-state index is -0.192. The zero-order valence-corrected chi connectivity index (χ0v) is 14.4. The largest absolute Gasteiger partial charge is 0.480 e. The standard InChI is InChI=1S/C16H25N5O3/c1-4-11(2)12(10-22)17-15(23)7-5-6-13-18-19-14-8-9-16(24-3)20-21(13)14/h8-9,11-12,22H,4-7,10H2,1-3H3,(H,17,23)/t11-,12-/m1/s1. The lowest BCUT2D eigenvalue weighted by molar-refractivity contribution is -0.122. The minimum Gasteiger partial charge on any atom is -0.480 e. The number of hydrogen-bond acceptors (Lipinski definition) is 6. The fourth-order valence-corrected chi connectivity index (χ4v) is 2.42. The molecule has 0 aliphatic carbocycles. The highest BCUT2D eigenvalue weighted by atomic mass is 16.5. The van der Waals surface area contributed by atoms with Crippen LogP contribution in [0.4, 0.5) is 0 Å². The summed E-state index contributed by atoms with van der Waals surface area (Å²) in [6.45, 7) is 4.01. The van der Waals surface area contributed by atoms with Crippen molar-refractivity contribution >= 4 is 11.6 Å². The Hall–Kier alpha value is -2.22. The molecule has 2 atom stereocenters. The van der Waals surface area contributed by atoms with Gasteiger partial charge in [0.1, 0.15) is 0 Å². The van der Waals surface area contributed by atoms with Gasteiger partial charge in [0.15, 0.2) is 11.5 Å². The molecular formula is C16H25N5O3. The number of aliphatic hydroxyl groups excluding tert-OH is 1. The number of aromatic nitrogens is 4. The number of nitrogens with one attached hydrogen (secondary N) is 1. The number of methoxy groups -OCH3 is 1. The first-order chi connectivity index (χ1) is 11.6. The third-order valence-corrected chi connectivity index (χ3v) is 4.19. The normalized spacial score (nSPS) is 13.7. The third kappa shape index (κ3) is 4.41. The van der Waals surface area contributed by atoms with Crippen molar-refractivity contribution in [2.45, 2.75) is 45.6 Å². The Bertz CT molecular complexity index is 673. The van der Waals surface area contributed by atoms with Crippen molar-refractivity contribution in [2.75, 3.05) is 13.7 Å². The first-order valence-electron chi connectivity index (χ1n) is 8.24. The molecule has 0 fully saturated rings. The second-order valence-corrected chi connectivity index (χ2v) is 5.86. The number of hydrogen-bond donors (Lipinski definition) is 2. The summed E-state index contributed by atoms with van der Waals surface area (Å²) in [4.78, 5) is 12.0. The fourth-order valence-electron chi connectivity index (χ4n) is 2.42. The number of aliphatic hydroxyl groups is 1. The fraction of sp³-hybridized carbons (Fsp3) is 0.625. The van der Waals surface area contributed by atoms with E-state index >= 15 is 0 Å². The van der Waals surface area contributed by atoms with Crippen molar-refractivity contribution < 1.29 is 14.6 Å². The lowest BCUT2D eigenvalue weighted by atomic mass is 10.00. The molecule has 2 aromatic rings. The molecule has 0 saturated carbocycles. The Labute approximate surface area is 141 Å². The van der Waals surface area contributed by atoms with Crippen molar-refractivity contribution in [1.29, 1.82) is 0 Å². The number of rotatable bonds is 9. The molecule has 1 amide bonds. The van der Waals surface area contributed by atoms with Crippen LogP contribution in [0.2, 0.25) is 0 Å². The van der Waals surface area contributed by atoms with E-state index in [-0.39, 0.29) is 24.5 Å². The molecular weight excluding hydrogens is 310 g/mol. The van der Waals surface area contributed by atoms with Crippen molar-refractivity contribution in [2.24, 2.45) is 5.92 Å². The molecule has 2 heterocycles. The third-order valence-electron chi connectivity index (χ3n) is 4.19. The number of carbonyl (C=O) groups excluding carboxylic acids is 1. The topological polar surface area (TPSA) is 102 Å². The summed E-state index contributed by atoms with van der Waals surface area (Å²) in [5.41, 5.74) is 0.646. The quantitative estimate of drug-likeness (QED) is 0.708. The first kappa shape index (κ1) is 18.1. The molecule has 0 aromatic carbocycles. The zero-order valence-electron chi connectivity index (χ0n) is 14.4. The monoisotopic (exact) mass is 335 g/mol. The second kappa shape index (κ2) is 8.58. The van der Waals surface area contributed by atoms with Gasteiger partial charge in [-0.3, -0.25) is 4.79 Å². The van der Waals surface area contributed by atoms with Crippen molar-refractivity contribution in [1.82, 2.24) is 25.1 Å². The van der Waals surface area contributed by atoms with Crippen LogP contribution in [0.25, 0.3) is 5.65 Å². The minimum absolute atomic E-state index is 0.0424. The Morgan fingerprint density at radius 3 is 2.88 bits per heavy atom. The molecule has 0 bridgehead atoms. The van der Waals surface area contributed by atoms with Crippen LogP contribution >= 0.6 is 0 Å². The van der Waals surface area contributed by atoms with E-state index in [4.69, 9.17) is 4.74 Å². The summed E-state index contributed by atoms with van der Waals surface area (Å²) in [7, 11) is 1.55. The summed E-state index contributed by atoms with van der Waals surface area (Å²) in [5.74, 6) is 1.36. The smallest absolute Gasteiger partial charge is 0.231 e. The predicted molar refractivity (Wildman–Crippen MR) is 88.7 cm³/mol. The molecule has 0 spiro atoms. The summed E-state index contributed by atoms with van der Waals surface area (Å²) in [5, 5.41) is 24.7. The Morgan fingerprint density at radius 1 is 1.42 bits per heavy atom. The van der Waals surface area contributed by atoms with Crippen molar-refractivity contribution in [3.63, 3.8) is 0 Å². The highest BCUT2D eigenvalue weighted by Crippen LogP contribution is 2.11. The van der Waals surface area contributed by atoms with Gasteiger partial charge in [0.2, 0.25) is 11.8 Å². The van der Waals surface area contributed by atoms with Crippen LogP contribution in [-0.2, 0) is 11.2 Å². The lowest BCUT2D eigenvalue weighted by Crippen LogP contribution is -2.41. The number of amides is 1. The summed E-state index contributed by atoms with van der Waals surface area (Å²) < 4.78 is 6.73. The van der Waals surface area contributed by atoms with Gasteiger partial charge in [-0.15, -0.1) is 15.3 Å². The van der Waals surface area contributed by atoms with E-state index in [0.29, 0.717) is 36.6 Å². The number of ether oxygens (including phenoxy) is 1. The van der Waals surface area contributed by atoms with Crippen LogP contribution in [0.3, 0.4) is 0 Å². The van der Waals surface area contributed by atoms with Crippen molar-refractivity contribution in [3.8, 4) is 5.88 Å². The molecule has 8 nitrogen and oxygen atoms in total. The summed E-state index contributed by atoms with van der Waals surface area (Å²) in [6.07, 6.45) is 2.49. The van der Waals surface area contributed by atoms with Crippen LogP contribution in [0.1, 0.15) is 38.9 Å². The first-order valence-corrected chi connectivity index (χ1v) is 8.24. The lowest BCUT2D eigenvalue weighted by Gasteiger charge is -2.22. The van der Waals surface area contributed by atoms with Gasteiger partial charge in [0, 0.05) is 18.9 Å². The number of fused-ring (bicyclic) bond motifs is 1. The van der Waals surface area contributed by atoms with Gasteiger partial charge >= 0.3 is 0 Å². The maximum atomic E-state index is 12.0. The van der Waals surface area contributed by atoms with Gasteiger partial charge in [0.25, 0.3) is 0 Å². The molecule has 2 N–H and O–H groups in total. The maximum Gasteiger partial charge on any atom is 0.231 e. The van der Waals surface area contributed by atoms with Crippen molar-refractivity contribution in [3.05, 3.63) is 18.0 Å². The Kier molecular flexibility index (Phi) is 6.48. The molecule has 0 unspecified atom stereocenters. The highest BCUT2D eigenvalue weighted by Gasteiger charge is 2.17. The molecule has 0 aliphatic heterocycles. The van der Waals surface area contributed by atoms with Crippen LogP contribution in [0.15, 0.2) is 12.1 Å². The maximum absolute atomic E-state index is 12.0. The average Bonchev–Trinajstić information content (AvgIpc) is 3.01. The molecule has 2 rings (SSSR count). The van der Waals surface area contributed by atoms with E-state index in [1.807, 2.05) is 13.8 Å². The van der Waals surface area contributed by atoms with Gasteiger partial charge in [-0.1, -0.05) is 20.3 Å². The number of aryl methyl sites for hydroxylation is 1. The molecule has 0 radical (unpaired) electrons. The van der Waals surface area contributed by atoms with E-state index in [0.717, 1.165) is 6.42 Å². The van der Waals surface area contributed by atoms with E-state index in [1.165, 1.54) is 0 Å².